The van der Waals surface area contributed by atoms with Crippen LogP contribution in [0.25, 0.3) is 11.1 Å². The van der Waals surface area contributed by atoms with E-state index in [1.165, 1.54) is 32.4 Å². The highest BCUT2D eigenvalue weighted by molar-refractivity contribution is 5.85. The van der Waals surface area contributed by atoms with Gasteiger partial charge in [0.2, 0.25) is 0 Å². The maximum atomic E-state index is 10.7. The number of likely N-dealkylation sites (tertiary alicyclic amines) is 1. The Kier molecular flexibility index (Phi) is 7.95. The van der Waals surface area contributed by atoms with E-state index in [0.29, 0.717) is 0 Å². The van der Waals surface area contributed by atoms with Crippen molar-refractivity contribution >= 4 is 18.4 Å². The second-order valence-electron chi connectivity index (χ2n) is 6.54. The van der Waals surface area contributed by atoms with E-state index in [2.05, 4.69) is 4.90 Å². The molecule has 1 aliphatic rings. The summed E-state index contributed by atoms with van der Waals surface area (Å²) in [5, 5.41) is 8.82. The summed E-state index contributed by atoms with van der Waals surface area (Å²) >= 11 is 0. The Morgan fingerprint density at radius 1 is 0.923 bits per heavy atom. The van der Waals surface area contributed by atoms with Crippen LogP contribution in [-0.2, 0) is 11.2 Å². The molecule has 1 saturated heterocycles. The molecule has 0 unspecified atom stereocenters. The Hall–Kier alpha value is -2.04. The van der Waals surface area contributed by atoms with Crippen molar-refractivity contribution in [2.75, 3.05) is 26.2 Å². The fourth-order valence-corrected chi connectivity index (χ4v) is 3.21. The summed E-state index contributed by atoms with van der Waals surface area (Å²) in [6, 6.07) is 15.7. The first-order chi connectivity index (χ1) is 12.2. The molecule has 0 atom stereocenters. The molecule has 0 spiro atoms. The molecule has 0 bridgehead atoms. The molecular formula is C21H26ClNO3. The molecule has 1 fully saturated rings. The van der Waals surface area contributed by atoms with Crippen LogP contribution in [0, 0.1) is 0 Å². The summed E-state index contributed by atoms with van der Waals surface area (Å²) in [7, 11) is 0. The van der Waals surface area contributed by atoms with Crippen molar-refractivity contribution in [1.82, 2.24) is 4.90 Å². The van der Waals surface area contributed by atoms with Gasteiger partial charge in [-0.15, -0.1) is 12.4 Å². The number of carboxylic acids is 1. The molecule has 0 radical (unpaired) electrons. The summed E-state index contributed by atoms with van der Waals surface area (Å²) in [6.07, 6.45) is 4.03. The third-order valence-electron chi connectivity index (χ3n) is 4.62. The van der Waals surface area contributed by atoms with E-state index in [9.17, 15) is 4.79 Å². The first kappa shape index (κ1) is 20.3. The summed E-state index contributed by atoms with van der Waals surface area (Å²) in [5.74, 6) is 0.0852. The van der Waals surface area contributed by atoms with Gasteiger partial charge in [-0.05, 0) is 54.8 Å². The number of nitrogens with zero attached hydrogens (tertiary/aromatic N) is 1. The van der Waals surface area contributed by atoms with E-state index in [1.807, 2.05) is 48.5 Å². The lowest BCUT2D eigenvalue weighted by Gasteiger charge is -2.26. The Morgan fingerprint density at radius 2 is 1.50 bits per heavy atom. The molecule has 0 amide bonds. The monoisotopic (exact) mass is 375 g/mol. The van der Waals surface area contributed by atoms with Gasteiger partial charge in [-0.25, -0.2) is 0 Å². The van der Waals surface area contributed by atoms with Crippen molar-refractivity contribution in [2.45, 2.75) is 25.7 Å². The van der Waals surface area contributed by atoms with Gasteiger partial charge in [0.15, 0.2) is 0 Å². The van der Waals surface area contributed by atoms with Crippen molar-refractivity contribution < 1.29 is 14.6 Å². The van der Waals surface area contributed by atoms with Crippen LogP contribution in [0.3, 0.4) is 0 Å². The Bertz CT molecular complexity index is 679. The molecule has 0 aromatic heterocycles. The number of hydrogen-bond acceptors (Lipinski definition) is 3. The summed E-state index contributed by atoms with van der Waals surface area (Å²) in [6.45, 7) is 4.11. The largest absolute Gasteiger partial charge is 0.492 e. The molecule has 2 aromatic rings. The molecule has 1 heterocycles. The third kappa shape index (κ3) is 6.04. The number of carbonyl (C=O) groups is 1. The Labute approximate surface area is 161 Å². The molecule has 3 rings (SSSR count). The Morgan fingerprint density at radius 3 is 2.08 bits per heavy atom. The summed E-state index contributed by atoms with van der Waals surface area (Å²) in [5.41, 5.74) is 2.99. The number of aliphatic carboxylic acids is 1. The van der Waals surface area contributed by atoms with Gasteiger partial charge < -0.3 is 9.84 Å². The number of carboxylic acid groups (broad SMARTS) is 1. The van der Waals surface area contributed by atoms with Crippen LogP contribution >= 0.6 is 12.4 Å². The zero-order chi connectivity index (χ0) is 17.5. The first-order valence-corrected chi connectivity index (χ1v) is 8.97. The normalized spacial score (nSPS) is 14.5. The number of piperidine rings is 1. The Balaban J connectivity index is 0.00000243. The highest BCUT2D eigenvalue weighted by Gasteiger charge is 2.09. The third-order valence-corrected chi connectivity index (χ3v) is 4.62. The van der Waals surface area contributed by atoms with Crippen molar-refractivity contribution in [3.05, 3.63) is 54.1 Å². The van der Waals surface area contributed by atoms with E-state index in [4.69, 9.17) is 9.84 Å². The van der Waals surface area contributed by atoms with Gasteiger partial charge in [0, 0.05) is 6.54 Å². The van der Waals surface area contributed by atoms with Crippen LogP contribution in [-0.4, -0.2) is 42.2 Å². The van der Waals surface area contributed by atoms with Gasteiger partial charge in [0.25, 0.3) is 0 Å². The zero-order valence-corrected chi connectivity index (χ0v) is 15.7. The molecule has 1 N–H and O–H groups in total. The van der Waals surface area contributed by atoms with Crippen LogP contribution < -0.4 is 4.74 Å². The minimum atomic E-state index is -0.807. The van der Waals surface area contributed by atoms with Gasteiger partial charge in [-0.2, -0.15) is 0 Å². The topological polar surface area (TPSA) is 49.8 Å². The quantitative estimate of drug-likeness (QED) is 0.785. The maximum Gasteiger partial charge on any atom is 0.307 e. The van der Waals surface area contributed by atoms with Crippen molar-refractivity contribution in [1.29, 1.82) is 0 Å². The van der Waals surface area contributed by atoms with Gasteiger partial charge in [0.05, 0.1) is 6.42 Å². The molecule has 5 heteroatoms. The fourth-order valence-electron chi connectivity index (χ4n) is 3.21. The highest BCUT2D eigenvalue weighted by atomic mass is 35.5. The van der Waals surface area contributed by atoms with Gasteiger partial charge in [0.1, 0.15) is 12.4 Å². The summed E-state index contributed by atoms with van der Waals surface area (Å²) in [4.78, 5) is 13.2. The lowest BCUT2D eigenvalue weighted by atomic mass is 10.0. The van der Waals surface area contributed by atoms with E-state index in [-0.39, 0.29) is 18.8 Å². The second-order valence-corrected chi connectivity index (χ2v) is 6.54. The van der Waals surface area contributed by atoms with Crippen molar-refractivity contribution in [2.24, 2.45) is 0 Å². The number of hydrogen-bond donors (Lipinski definition) is 1. The van der Waals surface area contributed by atoms with Gasteiger partial charge >= 0.3 is 5.97 Å². The number of benzene rings is 2. The van der Waals surface area contributed by atoms with Crippen LogP contribution in [0.4, 0.5) is 0 Å². The number of halogens is 1. The second kappa shape index (κ2) is 10.2. The lowest BCUT2D eigenvalue weighted by molar-refractivity contribution is -0.136. The number of rotatable bonds is 7. The van der Waals surface area contributed by atoms with E-state index < -0.39 is 5.97 Å². The van der Waals surface area contributed by atoms with Gasteiger partial charge in [-0.1, -0.05) is 42.8 Å². The molecule has 2 aromatic carbocycles. The van der Waals surface area contributed by atoms with Crippen molar-refractivity contribution in [3.8, 4) is 16.9 Å². The SMILES string of the molecule is Cl.O=C(O)Cc1ccc(-c2ccc(OCCN3CCCCC3)cc2)cc1. The molecule has 140 valence electrons. The molecular weight excluding hydrogens is 350 g/mol. The predicted molar refractivity (Wildman–Crippen MR) is 106 cm³/mol. The smallest absolute Gasteiger partial charge is 0.307 e. The van der Waals surface area contributed by atoms with E-state index in [0.717, 1.165) is 35.6 Å². The van der Waals surface area contributed by atoms with Crippen LogP contribution in [0.5, 0.6) is 5.75 Å². The zero-order valence-electron chi connectivity index (χ0n) is 14.9. The minimum absolute atomic E-state index is 0. The molecule has 0 aliphatic carbocycles. The van der Waals surface area contributed by atoms with Gasteiger partial charge in [-0.3, -0.25) is 9.69 Å². The van der Waals surface area contributed by atoms with Crippen LogP contribution in [0.1, 0.15) is 24.8 Å². The number of ether oxygens (including phenoxy) is 1. The molecule has 26 heavy (non-hydrogen) atoms. The molecule has 1 aliphatic heterocycles. The van der Waals surface area contributed by atoms with Crippen LogP contribution in [0.2, 0.25) is 0 Å². The minimum Gasteiger partial charge on any atom is -0.492 e. The first-order valence-electron chi connectivity index (χ1n) is 8.97. The molecule has 0 saturated carbocycles. The molecule has 4 nitrogen and oxygen atoms in total. The maximum absolute atomic E-state index is 10.7. The average Bonchev–Trinajstić information content (AvgIpc) is 2.63. The highest BCUT2D eigenvalue weighted by Crippen LogP contribution is 2.23. The van der Waals surface area contributed by atoms with Crippen molar-refractivity contribution in [3.63, 3.8) is 0 Å². The predicted octanol–water partition coefficient (Wildman–Crippen LogP) is 4.27. The summed E-state index contributed by atoms with van der Waals surface area (Å²) < 4.78 is 5.86. The van der Waals surface area contributed by atoms with E-state index in [1.54, 1.807) is 0 Å². The average molecular weight is 376 g/mol. The van der Waals surface area contributed by atoms with E-state index >= 15 is 0 Å². The van der Waals surface area contributed by atoms with Crippen LogP contribution in [0.15, 0.2) is 48.5 Å². The fraction of sp³-hybridized carbons (Fsp3) is 0.381. The lowest BCUT2D eigenvalue weighted by Crippen LogP contribution is -2.33. The standard InChI is InChI=1S/C21H25NO3.ClH/c23-21(24)16-17-4-6-18(7-5-17)19-8-10-20(11-9-19)25-15-14-22-12-2-1-3-13-22;/h4-11H,1-3,12-16H2,(H,23,24);1H.